The molecule has 5 heteroatoms. The Hall–Kier alpha value is -1.35. The summed E-state index contributed by atoms with van der Waals surface area (Å²) in [5.41, 5.74) is 0.237. The summed E-state index contributed by atoms with van der Waals surface area (Å²) in [6.45, 7) is 5.60. The van der Waals surface area contributed by atoms with E-state index < -0.39 is 15.6 Å². The molecule has 1 aromatic carbocycles. The Morgan fingerprint density at radius 2 is 1.75 bits per heavy atom. The van der Waals surface area contributed by atoms with Gasteiger partial charge in [-0.05, 0) is 44.0 Å². The second-order valence-electron chi connectivity index (χ2n) is 4.86. The SMILES string of the molecule is CCC(C)(CC)NS(=O)(=O)c1ccc(C#CCO)cc1. The summed E-state index contributed by atoms with van der Waals surface area (Å²) in [4.78, 5) is 0.222. The molecule has 0 atom stereocenters. The van der Waals surface area contributed by atoms with E-state index in [2.05, 4.69) is 16.6 Å². The van der Waals surface area contributed by atoms with Gasteiger partial charge >= 0.3 is 0 Å². The van der Waals surface area contributed by atoms with Crippen LogP contribution in [0.1, 0.15) is 39.2 Å². The maximum atomic E-state index is 12.3. The van der Waals surface area contributed by atoms with Crippen LogP contribution < -0.4 is 4.72 Å². The summed E-state index contributed by atoms with van der Waals surface area (Å²) >= 11 is 0. The smallest absolute Gasteiger partial charge is 0.241 e. The van der Waals surface area contributed by atoms with Crippen LogP contribution in [-0.4, -0.2) is 25.7 Å². The molecule has 2 N–H and O–H groups in total. The quantitative estimate of drug-likeness (QED) is 0.815. The van der Waals surface area contributed by atoms with Gasteiger partial charge in [-0.2, -0.15) is 0 Å². The van der Waals surface area contributed by atoms with Crippen LogP contribution in [0.5, 0.6) is 0 Å². The topological polar surface area (TPSA) is 66.4 Å². The van der Waals surface area contributed by atoms with E-state index in [4.69, 9.17) is 5.11 Å². The molecule has 0 aliphatic carbocycles. The Kier molecular flexibility index (Phi) is 5.75. The monoisotopic (exact) mass is 295 g/mol. The first-order valence-corrected chi connectivity index (χ1v) is 8.09. The highest BCUT2D eigenvalue weighted by Gasteiger charge is 2.27. The predicted octanol–water partition coefficient (Wildman–Crippen LogP) is 1.89. The molecule has 0 saturated heterocycles. The minimum atomic E-state index is -3.53. The molecule has 0 aliphatic heterocycles. The summed E-state index contributed by atoms with van der Waals surface area (Å²) in [6, 6.07) is 6.31. The van der Waals surface area contributed by atoms with Gasteiger partial charge in [0, 0.05) is 11.1 Å². The molecule has 4 nitrogen and oxygen atoms in total. The first kappa shape index (κ1) is 16.7. The minimum absolute atomic E-state index is 0.215. The lowest BCUT2D eigenvalue weighted by Gasteiger charge is -2.27. The Bertz CT molecular complexity index is 590. The van der Waals surface area contributed by atoms with E-state index in [-0.39, 0.29) is 11.5 Å². The van der Waals surface area contributed by atoms with Crippen LogP contribution in [0.15, 0.2) is 29.2 Å². The summed E-state index contributed by atoms with van der Waals surface area (Å²) in [7, 11) is -3.53. The van der Waals surface area contributed by atoms with Crippen molar-refractivity contribution in [2.75, 3.05) is 6.61 Å². The second kappa shape index (κ2) is 6.89. The Morgan fingerprint density at radius 3 is 2.20 bits per heavy atom. The number of benzene rings is 1. The minimum Gasteiger partial charge on any atom is -0.384 e. The fraction of sp³-hybridized carbons (Fsp3) is 0.467. The zero-order valence-corrected chi connectivity index (χ0v) is 12.9. The Morgan fingerprint density at radius 1 is 1.20 bits per heavy atom. The molecule has 0 aliphatic rings. The van der Waals surface area contributed by atoms with Crippen LogP contribution in [0.3, 0.4) is 0 Å². The second-order valence-corrected chi connectivity index (χ2v) is 6.54. The molecule has 110 valence electrons. The molecular weight excluding hydrogens is 274 g/mol. The van der Waals surface area contributed by atoms with E-state index in [1.165, 1.54) is 12.1 Å². The third-order valence-electron chi connectivity index (χ3n) is 3.42. The molecule has 0 saturated carbocycles. The number of rotatable bonds is 5. The molecule has 0 spiro atoms. The van der Waals surface area contributed by atoms with Crippen LogP contribution in [0, 0.1) is 11.8 Å². The van der Waals surface area contributed by atoms with Crippen LogP contribution in [0.25, 0.3) is 0 Å². The van der Waals surface area contributed by atoms with Crippen molar-refractivity contribution in [2.45, 2.75) is 44.0 Å². The molecule has 1 rings (SSSR count). The lowest BCUT2D eigenvalue weighted by molar-refractivity contribution is 0.350. The maximum Gasteiger partial charge on any atom is 0.241 e. The van der Waals surface area contributed by atoms with E-state index in [1.54, 1.807) is 12.1 Å². The molecule has 1 aromatic rings. The molecular formula is C15H21NO3S. The highest BCUT2D eigenvalue weighted by atomic mass is 32.2. The molecule has 0 bridgehead atoms. The lowest BCUT2D eigenvalue weighted by atomic mass is 9.98. The summed E-state index contributed by atoms with van der Waals surface area (Å²) in [5, 5.41) is 8.61. The highest BCUT2D eigenvalue weighted by Crippen LogP contribution is 2.19. The average molecular weight is 295 g/mol. The van der Waals surface area contributed by atoms with Crippen molar-refractivity contribution in [3.05, 3.63) is 29.8 Å². The molecule has 0 unspecified atom stereocenters. The number of hydrogen-bond donors (Lipinski definition) is 2. The fourth-order valence-corrected chi connectivity index (χ4v) is 3.19. The highest BCUT2D eigenvalue weighted by molar-refractivity contribution is 7.89. The summed E-state index contributed by atoms with van der Waals surface area (Å²) in [5.74, 6) is 5.25. The largest absolute Gasteiger partial charge is 0.384 e. The molecule has 0 amide bonds. The van der Waals surface area contributed by atoms with Crippen molar-refractivity contribution in [3.63, 3.8) is 0 Å². The molecule has 0 aromatic heterocycles. The van der Waals surface area contributed by atoms with Gasteiger partial charge in [-0.3, -0.25) is 0 Å². The van der Waals surface area contributed by atoms with Crippen molar-refractivity contribution >= 4 is 10.0 Å². The van der Waals surface area contributed by atoms with Gasteiger partial charge in [0.2, 0.25) is 10.0 Å². The first-order chi connectivity index (χ1) is 9.37. The van der Waals surface area contributed by atoms with Crippen molar-refractivity contribution in [1.82, 2.24) is 4.72 Å². The van der Waals surface area contributed by atoms with Gasteiger partial charge in [-0.25, -0.2) is 13.1 Å². The zero-order chi connectivity index (χ0) is 15.2. The number of aliphatic hydroxyl groups excluding tert-OH is 1. The normalized spacial score (nSPS) is 11.8. The number of sulfonamides is 1. The molecule has 0 fully saturated rings. The maximum absolute atomic E-state index is 12.3. The molecule has 0 heterocycles. The first-order valence-electron chi connectivity index (χ1n) is 6.60. The van der Waals surface area contributed by atoms with Crippen LogP contribution >= 0.6 is 0 Å². The third-order valence-corrected chi connectivity index (χ3v) is 5.07. The van der Waals surface area contributed by atoms with E-state index in [0.29, 0.717) is 5.56 Å². The van der Waals surface area contributed by atoms with E-state index in [0.717, 1.165) is 12.8 Å². The molecule has 20 heavy (non-hydrogen) atoms. The van der Waals surface area contributed by atoms with E-state index in [1.807, 2.05) is 20.8 Å². The van der Waals surface area contributed by atoms with Gasteiger partial charge in [0.15, 0.2) is 0 Å². The van der Waals surface area contributed by atoms with Gasteiger partial charge in [0.05, 0.1) is 4.90 Å². The van der Waals surface area contributed by atoms with Crippen molar-refractivity contribution in [3.8, 4) is 11.8 Å². The third kappa shape index (κ3) is 4.34. The van der Waals surface area contributed by atoms with Gasteiger partial charge in [-0.1, -0.05) is 25.7 Å². The standard InChI is InChI=1S/C15H21NO3S/c1-4-15(3,5-2)16-20(18,19)14-10-8-13(9-11-14)7-6-12-17/h8-11,16-17H,4-5,12H2,1-3H3. The van der Waals surface area contributed by atoms with Gasteiger partial charge in [0.1, 0.15) is 6.61 Å². The summed E-state index contributed by atoms with van der Waals surface area (Å²) < 4.78 is 27.4. The molecule has 0 radical (unpaired) electrons. The number of aliphatic hydroxyl groups is 1. The van der Waals surface area contributed by atoms with E-state index >= 15 is 0 Å². The average Bonchev–Trinajstić information content (AvgIpc) is 2.45. The van der Waals surface area contributed by atoms with Crippen LogP contribution in [0.4, 0.5) is 0 Å². The van der Waals surface area contributed by atoms with Gasteiger partial charge in [0.25, 0.3) is 0 Å². The van der Waals surface area contributed by atoms with Gasteiger partial charge < -0.3 is 5.11 Å². The van der Waals surface area contributed by atoms with E-state index in [9.17, 15) is 8.42 Å². The predicted molar refractivity (Wildman–Crippen MR) is 79.7 cm³/mol. The number of nitrogens with one attached hydrogen (secondary N) is 1. The zero-order valence-electron chi connectivity index (χ0n) is 12.1. The van der Waals surface area contributed by atoms with Gasteiger partial charge in [-0.15, -0.1) is 0 Å². The lowest BCUT2D eigenvalue weighted by Crippen LogP contribution is -2.44. The van der Waals surface area contributed by atoms with Crippen molar-refractivity contribution in [1.29, 1.82) is 0 Å². The van der Waals surface area contributed by atoms with Crippen LogP contribution in [-0.2, 0) is 10.0 Å². The Labute approximate surface area is 121 Å². The van der Waals surface area contributed by atoms with Crippen molar-refractivity contribution in [2.24, 2.45) is 0 Å². The number of hydrogen-bond acceptors (Lipinski definition) is 3. The van der Waals surface area contributed by atoms with Crippen LogP contribution in [0.2, 0.25) is 0 Å². The summed E-state index contributed by atoms with van der Waals surface area (Å²) in [6.07, 6.45) is 1.45. The fourth-order valence-electron chi connectivity index (χ4n) is 1.64. The Balaban J connectivity index is 2.99. The van der Waals surface area contributed by atoms with Crippen molar-refractivity contribution < 1.29 is 13.5 Å².